The van der Waals surface area contributed by atoms with E-state index in [0.717, 1.165) is 31.7 Å². The van der Waals surface area contributed by atoms with Crippen molar-refractivity contribution in [3.05, 3.63) is 113 Å². The highest BCUT2D eigenvalue weighted by Gasteiger charge is 2.63. The third-order valence-electron chi connectivity index (χ3n) is 15.2. The molecule has 0 bridgehead atoms. The SMILES string of the molecule is CC(C)(O)CCn1nc(C(=O)Nc2ccc(B3OC(C)(C)C(C)(C)O3)cc2)c2ccccc21.CC(C)(O)CCn1nc(C(=O)Nc2ccc(Br)cc2)c2ccccc21.CC1(C)OB(B2OC(C)(C)C(C)(C)O2)OC1(C)C. The number of benzene rings is 4. The van der Waals surface area contributed by atoms with Gasteiger partial charge in [-0.3, -0.25) is 19.0 Å². The van der Waals surface area contributed by atoms with Crippen LogP contribution in [0.3, 0.4) is 0 Å². The molecule has 0 atom stereocenters. The summed E-state index contributed by atoms with van der Waals surface area (Å²) in [4.78, 5) is 25.7. The molecule has 76 heavy (non-hydrogen) atoms. The van der Waals surface area contributed by atoms with E-state index in [9.17, 15) is 19.8 Å². The number of aryl methyl sites for hydroxylation is 2. The molecule has 0 unspecified atom stereocenters. The van der Waals surface area contributed by atoms with Crippen LogP contribution in [-0.2, 0) is 41.0 Å². The highest BCUT2D eigenvalue weighted by atomic mass is 79.9. The number of carbonyl (C=O) groups excluding carboxylic acids is 2. The zero-order chi connectivity index (χ0) is 56.0. The van der Waals surface area contributed by atoms with E-state index in [4.69, 9.17) is 27.9 Å². The molecule has 3 fully saturated rings. The first-order valence-electron chi connectivity index (χ1n) is 26.0. The molecule has 4 aromatic carbocycles. The van der Waals surface area contributed by atoms with Gasteiger partial charge < -0.3 is 48.8 Å². The second-order valence-electron chi connectivity index (χ2n) is 24.2. The number of nitrogens with one attached hydrogen (secondary N) is 2. The number of hydrogen-bond donors (Lipinski definition) is 4. The Kier molecular flexibility index (Phi) is 16.8. The molecular formula is C56H76B3BrN6O10. The average Bonchev–Trinajstić information content (AvgIpc) is 4.05. The Hall–Kier alpha value is -4.89. The second kappa shape index (κ2) is 21.7. The lowest BCUT2D eigenvalue weighted by Crippen LogP contribution is -2.41. The lowest BCUT2D eigenvalue weighted by molar-refractivity contribution is 0.00578. The highest BCUT2D eigenvalue weighted by molar-refractivity contribution is 9.10. The zero-order valence-corrected chi connectivity index (χ0v) is 48.7. The molecule has 6 aromatic rings. The van der Waals surface area contributed by atoms with Crippen LogP contribution in [0.2, 0.25) is 0 Å². The van der Waals surface area contributed by atoms with Crippen LogP contribution in [0, 0.1) is 0 Å². The van der Waals surface area contributed by atoms with Crippen molar-refractivity contribution in [3.63, 3.8) is 0 Å². The molecular weight excluding hydrogens is 1030 g/mol. The molecule has 20 heteroatoms. The number of para-hydroxylation sites is 2. The first kappa shape index (κ1) is 58.8. The van der Waals surface area contributed by atoms with Crippen LogP contribution in [-0.4, -0.2) is 108 Å². The van der Waals surface area contributed by atoms with Crippen molar-refractivity contribution >= 4 is 87.5 Å². The zero-order valence-electron chi connectivity index (χ0n) is 47.1. The summed E-state index contributed by atoms with van der Waals surface area (Å²) in [5, 5.41) is 36.5. The summed E-state index contributed by atoms with van der Waals surface area (Å²) in [7, 11) is -1.40. The van der Waals surface area contributed by atoms with Gasteiger partial charge in [-0.1, -0.05) is 64.5 Å². The average molecular weight is 1110 g/mol. The van der Waals surface area contributed by atoms with E-state index < -0.39 is 43.5 Å². The monoisotopic (exact) mass is 1100 g/mol. The standard InChI is InChI=1S/C25H32BN3O4.C19H20BrN3O2.C12H24B2O4/c1-23(2,31)15-16-29-20-10-8-7-9-19(20)21(28-29)22(30)27-18-13-11-17(12-14-18)26-32-24(3,4)25(5,6)33-26;1-19(2,25)11-12-23-16-6-4-3-5-15(16)17(22-23)18(24)21-14-9-7-13(20)8-10-14;1-9(2)10(3,4)16-13(15-9)14-17-11(5,6)12(7,8)18-14/h7-14,31H,15-16H2,1-6H3,(H,27,30);3-10,25H,11-12H2,1-2H3,(H,21,24);1-8H3. The van der Waals surface area contributed by atoms with Crippen molar-refractivity contribution in [3.8, 4) is 0 Å². The van der Waals surface area contributed by atoms with Gasteiger partial charge >= 0.3 is 21.1 Å². The smallest absolute Gasteiger partial charge is 0.405 e. The van der Waals surface area contributed by atoms with Gasteiger partial charge in [-0.2, -0.15) is 10.2 Å². The Morgan fingerprint density at radius 1 is 0.513 bits per heavy atom. The lowest BCUT2D eigenvalue weighted by atomic mass is 9.49. The summed E-state index contributed by atoms with van der Waals surface area (Å²) in [6.07, 6.45) is 1.08. The quantitative estimate of drug-likeness (QED) is 0.0850. The summed E-state index contributed by atoms with van der Waals surface area (Å²) in [5.41, 5.74) is 0.908. The Bertz CT molecular complexity index is 2930. The van der Waals surface area contributed by atoms with Crippen molar-refractivity contribution in [1.82, 2.24) is 19.6 Å². The number of hydrogen-bond acceptors (Lipinski definition) is 12. The normalized spacial score (nSPS) is 19.0. The van der Waals surface area contributed by atoms with Crippen molar-refractivity contribution in [2.45, 2.75) is 182 Å². The van der Waals surface area contributed by atoms with Gasteiger partial charge in [-0.05, 0) is 178 Å². The van der Waals surface area contributed by atoms with Crippen molar-refractivity contribution in [1.29, 1.82) is 0 Å². The molecule has 4 N–H and O–H groups in total. The molecule has 9 rings (SSSR count). The van der Waals surface area contributed by atoms with E-state index in [1.54, 1.807) is 37.1 Å². The third-order valence-corrected chi connectivity index (χ3v) is 15.7. The van der Waals surface area contributed by atoms with Crippen LogP contribution >= 0.6 is 15.9 Å². The summed E-state index contributed by atoms with van der Waals surface area (Å²) in [6, 6.07) is 30.1. The van der Waals surface area contributed by atoms with Gasteiger partial charge in [0.15, 0.2) is 11.4 Å². The van der Waals surface area contributed by atoms with E-state index in [-0.39, 0.29) is 34.2 Å². The van der Waals surface area contributed by atoms with E-state index >= 15 is 0 Å². The number of carbonyl (C=O) groups is 2. The minimum Gasteiger partial charge on any atom is -0.405 e. The fourth-order valence-electron chi connectivity index (χ4n) is 8.31. The molecule has 406 valence electrons. The van der Waals surface area contributed by atoms with Gasteiger partial charge in [0.2, 0.25) is 0 Å². The first-order chi connectivity index (χ1) is 35.1. The maximum absolute atomic E-state index is 13.1. The maximum Gasteiger partial charge on any atom is 0.494 e. The number of aromatic nitrogens is 4. The lowest BCUT2D eigenvalue weighted by Gasteiger charge is -2.32. The molecule has 3 aliphatic heterocycles. The van der Waals surface area contributed by atoms with Gasteiger partial charge in [0.05, 0.1) is 55.8 Å². The van der Waals surface area contributed by atoms with Gasteiger partial charge in [0.25, 0.3) is 11.8 Å². The molecule has 2 amide bonds. The first-order valence-corrected chi connectivity index (χ1v) is 26.8. The van der Waals surface area contributed by atoms with Crippen molar-refractivity contribution < 1.29 is 47.7 Å². The van der Waals surface area contributed by atoms with Crippen LogP contribution in [0.1, 0.15) is 145 Å². The molecule has 16 nitrogen and oxygen atoms in total. The van der Waals surface area contributed by atoms with Gasteiger partial charge in [0, 0.05) is 39.7 Å². The number of anilines is 2. The summed E-state index contributed by atoms with van der Waals surface area (Å²) < 4.78 is 40.6. The summed E-state index contributed by atoms with van der Waals surface area (Å²) in [5.74, 6) is -0.530. The predicted octanol–water partition coefficient (Wildman–Crippen LogP) is 10.2. The Balaban J connectivity index is 0.000000174. The fraction of sp³-hybridized carbons (Fsp3) is 0.500. The molecule has 5 heterocycles. The fourth-order valence-corrected chi connectivity index (χ4v) is 8.57. The Morgan fingerprint density at radius 3 is 1.17 bits per heavy atom. The van der Waals surface area contributed by atoms with E-state index in [1.807, 2.05) is 180 Å². The van der Waals surface area contributed by atoms with Gasteiger partial charge in [-0.25, -0.2) is 0 Å². The topological polar surface area (TPSA) is 190 Å². The predicted molar refractivity (Wildman–Crippen MR) is 306 cm³/mol. The summed E-state index contributed by atoms with van der Waals surface area (Å²) in [6.45, 7) is 32.4. The number of nitrogens with zero attached hydrogens (tertiary/aromatic N) is 4. The molecule has 0 saturated carbocycles. The molecule has 0 aliphatic carbocycles. The second-order valence-corrected chi connectivity index (χ2v) is 25.1. The molecule has 3 saturated heterocycles. The number of aliphatic hydroxyl groups is 2. The van der Waals surface area contributed by atoms with Gasteiger partial charge in [0.1, 0.15) is 0 Å². The summed E-state index contributed by atoms with van der Waals surface area (Å²) >= 11 is 3.38. The molecule has 0 radical (unpaired) electrons. The third kappa shape index (κ3) is 13.5. The van der Waals surface area contributed by atoms with Crippen LogP contribution in [0.15, 0.2) is 102 Å². The van der Waals surface area contributed by atoms with Crippen LogP contribution in [0.25, 0.3) is 21.8 Å². The van der Waals surface area contributed by atoms with Crippen LogP contribution in [0.4, 0.5) is 11.4 Å². The van der Waals surface area contributed by atoms with Gasteiger partial charge in [-0.15, -0.1) is 0 Å². The van der Waals surface area contributed by atoms with Crippen molar-refractivity contribution in [2.75, 3.05) is 10.6 Å². The molecule has 2 aromatic heterocycles. The maximum atomic E-state index is 13.1. The van der Waals surface area contributed by atoms with E-state index in [2.05, 4.69) is 36.8 Å². The van der Waals surface area contributed by atoms with Crippen molar-refractivity contribution in [2.24, 2.45) is 0 Å². The minimum absolute atomic E-state index is 0.250. The van der Waals surface area contributed by atoms with E-state index in [0.29, 0.717) is 48.7 Å². The van der Waals surface area contributed by atoms with E-state index in [1.165, 1.54) is 0 Å². The minimum atomic E-state index is -0.811. The Labute approximate surface area is 457 Å². The number of fused-ring (bicyclic) bond motifs is 2. The Morgan fingerprint density at radius 2 is 0.829 bits per heavy atom. The number of rotatable bonds is 12. The molecule has 3 aliphatic rings. The number of amides is 2. The molecule has 0 spiro atoms. The van der Waals surface area contributed by atoms with Crippen LogP contribution in [0.5, 0.6) is 0 Å². The number of halogens is 1. The highest BCUT2D eigenvalue weighted by Crippen LogP contribution is 2.43. The largest absolute Gasteiger partial charge is 0.494 e. The van der Waals surface area contributed by atoms with Crippen LogP contribution < -0.4 is 16.1 Å².